The van der Waals surface area contributed by atoms with E-state index in [0.717, 1.165) is 5.56 Å². The number of guanidine groups is 1. The molecule has 0 aromatic heterocycles. The molecule has 2 aromatic carbocycles. The molecule has 0 bridgehead atoms. The molecule has 1 saturated heterocycles. The molecule has 2 aromatic rings. The van der Waals surface area contributed by atoms with E-state index in [1.165, 1.54) is 51.1 Å². The number of amides is 7. The average Bonchev–Trinajstić information content (AvgIpc) is 3.36. The van der Waals surface area contributed by atoms with Gasteiger partial charge < -0.3 is 73.8 Å². The van der Waals surface area contributed by atoms with Crippen LogP contribution in [0.25, 0.3) is 0 Å². The number of phenols is 1. The number of phenolic OH excluding ortho intramolecular Hbond substituents is 1. The number of nitrogens with two attached hydrogens (primary N) is 2. The Bertz CT molecular complexity index is 2400. The molecule has 410 valence electrons. The number of aliphatic imine (C=N–C) groups is 1. The van der Waals surface area contributed by atoms with Gasteiger partial charge in [-0.15, -0.1) is 0 Å². The molecular weight excluding hydrogens is 977 g/mol. The van der Waals surface area contributed by atoms with E-state index in [1.807, 2.05) is 43.3 Å². The topological polar surface area (TPSA) is 392 Å². The minimum Gasteiger partial charge on any atom is -0.508 e. The highest BCUT2D eigenvalue weighted by atomic mass is 16.5. The summed E-state index contributed by atoms with van der Waals surface area (Å²) >= 11 is 0. The summed E-state index contributed by atoms with van der Waals surface area (Å²) in [4.78, 5) is 126. The largest absolute Gasteiger partial charge is 0.508 e. The number of aliphatic hydroxyl groups is 1. The molecule has 0 radical (unpaired) electrons. The molecule has 24 nitrogen and oxygen atoms in total. The summed E-state index contributed by atoms with van der Waals surface area (Å²) in [6.45, 7) is 6.56. The van der Waals surface area contributed by atoms with Gasteiger partial charge in [0.2, 0.25) is 41.4 Å². The molecule has 0 saturated carbocycles. The van der Waals surface area contributed by atoms with Crippen LogP contribution in [0.15, 0.2) is 83.4 Å². The van der Waals surface area contributed by atoms with Crippen molar-refractivity contribution in [2.45, 2.75) is 122 Å². The van der Waals surface area contributed by atoms with Crippen molar-refractivity contribution in [2.75, 3.05) is 20.3 Å². The van der Waals surface area contributed by atoms with Crippen molar-refractivity contribution in [1.29, 1.82) is 0 Å². The number of allylic oxidation sites excluding steroid dienone is 2. The average molecular weight is 1050 g/mol. The van der Waals surface area contributed by atoms with E-state index in [-0.39, 0.29) is 49.5 Å². The summed E-state index contributed by atoms with van der Waals surface area (Å²) in [5.74, 6) is -13.4. The number of ether oxygens (including phenoxy) is 1. The van der Waals surface area contributed by atoms with Gasteiger partial charge in [0.1, 0.15) is 42.0 Å². The van der Waals surface area contributed by atoms with Crippen LogP contribution in [0.1, 0.15) is 71.4 Å². The Labute approximate surface area is 435 Å². The number of rotatable bonds is 16. The van der Waals surface area contributed by atoms with Gasteiger partial charge in [-0.3, -0.25) is 38.6 Å². The molecule has 1 heterocycles. The summed E-state index contributed by atoms with van der Waals surface area (Å²) in [5, 5.41) is 57.5. The molecule has 0 aliphatic carbocycles. The molecule has 75 heavy (non-hydrogen) atoms. The lowest BCUT2D eigenvalue weighted by Crippen LogP contribution is -2.59. The fourth-order valence-corrected chi connectivity index (χ4v) is 7.86. The second-order valence-corrected chi connectivity index (χ2v) is 18.4. The molecule has 24 heteroatoms. The van der Waals surface area contributed by atoms with Gasteiger partial charge in [-0.05, 0) is 62.8 Å². The van der Waals surface area contributed by atoms with Gasteiger partial charge in [0.15, 0.2) is 5.96 Å². The lowest BCUT2D eigenvalue weighted by Gasteiger charge is -2.28. The first kappa shape index (κ1) is 61.4. The summed E-state index contributed by atoms with van der Waals surface area (Å²) in [6.07, 6.45) is 3.99. The minimum absolute atomic E-state index is 0.00586. The molecular formula is C51H72N10O14. The first-order valence-electron chi connectivity index (χ1n) is 24.4. The third kappa shape index (κ3) is 20.5. The molecule has 11 atom stereocenters. The Balaban J connectivity index is 2.13. The van der Waals surface area contributed by atoms with E-state index in [9.17, 15) is 63.6 Å². The van der Waals surface area contributed by atoms with E-state index in [2.05, 4.69) is 42.2 Å². The Morgan fingerprint density at radius 3 is 1.96 bits per heavy atom. The second-order valence-electron chi connectivity index (χ2n) is 18.4. The number of aliphatic carboxylic acids is 2. The summed E-state index contributed by atoms with van der Waals surface area (Å²) in [6, 6.07) is 4.16. The van der Waals surface area contributed by atoms with Gasteiger partial charge in [0.25, 0.3) is 0 Å². The number of nitrogens with zero attached hydrogens (tertiary/aromatic N) is 1. The third-order valence-corrected chi connectivity index (χ3v) is 12.4. The van der Waals surface area contributed by atoms with Gasteiger partial charge in [0, 0.05) is 32.4 Å². The van der Waals surface area contributed by atoms with E-state index in [0.29, 0.717) is 17.6 Å². The maximum Gasteiger partial charge on any atom is 0.327 e. The van der Waals surface area contributed by atoms with Gasteiger partial charge in [-0.2, -0.15) is 0 Å². The number of benzene rings is 2. The monoisotopic (exact) mass is 1050 g/mol. The molecule has 3 rings (SSSR count). The molecule has 1 aliphatic heterocycles. The zero-order valence-corrected chi connectivity index (χ0v) is 42.9. The number of hydrogen-bond acceptors (Lipinski definition) is 13. The third-order valence-electron chi connectivity index (χ3n) is 12.4. The fraction of sp³-hybridized carbons (Fsp3) is 0.490. The molecule has 15 N–H and O–H groups in total. The zero-order chi connectivity index (χ0) is 55.9. The highest BCUT2D eigenvalue weighted by Gasteiger charge is 2.37. The predicted molar refractivity (Wildman–Crippen MR) is 274 cm³/mol. The van der Waals surface area contributed by atoms with Crippen molar-refractivity contribution < 1.29 is 68.3 Å². The van der Waals surface area contributed by atoms with E-state index < -0.39 is 127 Å². The smallest absolute Gasteiger partial charge is 0.327 e. The van der Waals surface area contributed by atoms with Crippen LogP contribution in [-0.4, -0.2) is 148 Å². The van der Waals surface area contributed by atoms with Crippen LogP contribution in [0.2, 0.25) is 0 Å². The fourth-order valence-electron chi connectivity index (χ4n) is 7.86. The molecule has 1 aliphatic rings. The van der Waals surface area contributed by atoms with E-state index in [4.69, 9.17) is 16.2 Å². The quantitative estimate of drug-likeness (QED) is 0.0416. The van der Waals surface area contributed by atoms with Crippen LogP contribution < -0.4 is 48.7 Å². The Morgan fingerprint density at radius 2 is 1.36 bits per heavy atom. The van der Waals surface area contributed by atoms with E-state index in [1.54, 1.807) is 20.1 Å². The van der Waals surface area contributed by atoms with Crippen LogP contribution in [0.3, 0.4) is 0 Å². The van der Waals surface area contributed by atoms with Crippen LogP contribution in [0.5, 0.6) is 5.75 Å². The second kappa shape index (κ2) is 30.4. The van der Waals surface area contributed by atoms with Gasteiger partial charge in [-0.1, -0.05) is 87.0 Å². The van der Waals surface area contributed by atoms with Crippen LogP contribution >= 0.6 is 0 Å². The van der Waals surface area contributed by atoms with Gasteiger partial charge in [-0.25, -0.2) is 9.59 Å². The molecule has 1 fully saturated rings. The minimum atomic E-state index is -1.98. The number of hydrogen-bond donors (Lipinski definition) is 13. The van der Waals surface area contributed by atoms with Crippen molar-refractivity contribution >= 4 is 59.2 Å². The number of nitrogens with one attached hydrogen (secondary N) is 7. The zero-order valence-electron chi connectivity index (χ0n) is 42.9. The van der Waals surface area contributed by atoms with Crippen molar-refractivity contribution in [1.82, 2.24) is 37.2 Å². The van der Waals surface area contributed by atoms with Gasteiger partial charge >= 0.3 is 11.9 Å². The first-order chi connectivity index (χ1) is 35.4. The number of carbonyl (C=O) groups excluding carboxylic acids is 7. The number of aromatic hydroxyl groups is 1. The van der Waals surface area contributed by atoms with Crippen LogP contribution in [-0.2, 0) is 60.7 Å². The number of aliphatic hydroxyl groups excluding tert-OH is 1. The first-order valence-corrected chi connectivity index (χ1v) is 24.4. The van der Waals surface area contributed by atoms with Gasteiger partial charge in [0.05, 0.1) is 30.6 Å². The SMILES string of the molecule is CO[C@@H](Cc1ccccc1)[C@@H](C)/C=C(C)/C=C/[C@@H]1NC(=O)[C@H](CCCN=C(N)N)NC(=O)[C@@H](C)[C@H](C(=O)O)NC(=O)[C@H](Cc2ccc(O)cc2)NC(=O)[C@@H](C)NC(=O)[C@H](CO)NC(=O)CC[C@H](C(=O)O)NC(=O)[C@H]1C. The standard InChI is InChI=1S/C51H72N10O14/c1-27(23-28(2)40(75-6)25-32-11-8-7-9-12-32)14-19-35-29(3)43(65)59-37(49(71)72)20-21-41(64)56-39(26-62)48(70)55-31(5)45(67)60-38(24-33-15-17-34(63)18-16-33)47(69)61-42(50(73)74)30(4)44(66)58-36(46(68)57-35)13-10-22-54-51(52)53/h7-9,11-12,14-19,23,28-31,35-40,42,62-63H,10,13,20-22,24-26H2,1-6H3,(H,55,70)(H,56,64)(H,57,68)(H,58,66)(H,59,65)(H,60,67)(H,61,69)(H,71,72)(H,73,74)(H4,52,53,54)/b19-14+,27-23+/t28-,29-,30-,31+,35-,36-,37+,38-,39-,40-,42+/m0/s1. The highest BCUT2D eigenvalue weighted by molar-refractivity contribution is 5.97. The number of methoxy groups -OCH3 is 1. The molecule has 0 unspecified atom stereocenters. The summed E-state index contributed by atoms with van der Waals surface area (Å²) < 4.78 is 5.81. The number of carboxylic acid groups (broad SMARTS) is 2. The molecule has 0 spiro atoms. The predicted octanol–water partition coefficient (Wildman–Crippen LogP) is -0.974. The van der Waals surface area contributed by atoms with Crippen LogP contribution in [0.4, 0.5) is 0 Å². The lowest BCUT2D eigenvalue weighted by atomic mass is 9.94. The summed E-state index contributed by atoms with van der Waals surface area (Å²) in [5.41, 5.74) is 13.1. The van der Waals surface area contributed by atoms with Crippen LogP contribution in [0, 0.1) is 17.8 Å². The van der Waals surface area contributed by atoms with Crippen molar-refractivity contribution in [3.05, 3.63) is 89.5 Å². The van der Waals surface area contributed by atoms with Crippen molar-refractivity contribution in [3.8, 4) is 5.75 Å². The Morgan fingerprint density at radius 1 is 0.747 bits per heavy atom. The lowest BCUT2D eigenvalue weighted by molar-refractivity contribution is -0.146. The Kier molecular flexibility index (Phi) is 24.9. The van der Waals surface area contributed by atoms with Crippen molar-refractivity contribution in [2.24, 2.45) is 34.2 Å². The molecule has 7 amide bonds. The maximum atomic E-state index is 14.4. The summed E-state index contributed by atoms with van der Waals surface area (Å²) in [7, 11) is 1.60. The Hall–Kier alpha value is -7.86. The normalized spacial score (nSPS) is 25.3. The maximum absolute atomic E-state index is 14.4. The van der Waals surface area contributed by atoms with E-state index >= 15 is 0 Å². The number of carbonyl (C=O) groups is 9. The van der Waals surface area contributed by atoms with Crippen molar-refractivity contribution in [3.63, 3.8) is 0 Å². The highest BCUT2D eigenvalue weighted by Crippen LogP contribution is 2.19. The number of carboxylic acids is 2.